The van der Waals surface area contributed by atoms with Gasteiger partial charge >= 0.3 is 5.97 Å². The molecule has 5 N–H and O–H groups in total. The number of aliphatic hydroxyl groups excluding tert-OH is 1. The average Bonchev–Trinajstić information content (AvgIpc) is 2.81. The van der Waals surface area contributed by atoms with E-state index < -0.39 is 51.9 Å². The van der Waals surface area contributed by atoms with Gasteiger partial charge in [0.05, 0.1) is 11.7 Å². The van der Waals surface area contributed by atoms with Crippen LogP contribution in [0.2, 0.25) is 0 Å². The third-order valence-corrected chi connectivity index (χ3v) is 7.75. The Morgan fingerprint density at radius 2 is 1.84 bits per heavy atom. The fourth-order valence-corrected chi connectivity index (χ4v) is 6.35. The van der Waals surface area contributed by atoms with Gasteiger partial charge in [0, 0.05) is 23.0 Å². The minimum Gasteiger partial charge on any atom is -0.508 e. The molecule has 0 amide bonds. The van der Waals surface area contributed by atoms with E-state index in [4.69, 9.17) is 4.74 Å². The molecule has 1 aromatic rings. The van der Waals surface area contributed by atoms with Gasteiger partial charge in [-0.2, -0.15) is 0 Å². The average molecular weight is 432 g/mol. The molecule has 4 rings (SSSR count). The third-order valence-electron chi connectivity index (χ3n) is 7.75. The standard InChI is InChI=1S/C23H28O8/c1-11-5-13(25)6-14(26)16(11)19(28)31-15-8-21(4)17-18(27)20(2,3)10-22(17,29)7-12(9-24)23(15,21)30/h5-7,9,15,17-18,25-27,29-30H,8,10H2,1-4H3/t15-,17-,18-,21-,22-,23+/m1/s1. The summed E-state index contributed by atoms with van der Waals surface area (Å²) in [4.78, 5) is 24.7. The minimum atomic E-state index is -1.90. The van der Waals surface area contributed by atoms with E-state index in [0.717, 1.165) is 6.07 Å². The Bertz CT molecular complexity index is 990. The number of phenols is 2. The van der Waals surface area contributed by atoms with Crippen LogP contribution in [-0.2, 0) is 9.53 Å². The van der Waals surface area contributed by atoms with Crippen molar-refractivity contribution in [2.24, 2.45) is 16.7 Å². The summed E-state index contributed by atoms with van der Waals surface area (Å²) in [6, 6.07) is 2.31. The Kier molecular flexibility index (Phi) is 4.44. The van der Waals surface area contributed by atoms with E-state index in [1.54, 1.807) is 6.92 Å². The molecule has 0 saturated heterocycles. The lowest BCUT2D eigenvalue weighted by Gasteiger charge is -2.66. The van der Waals surface area contributed by atoms with Crippen molar-refractivity contribution in [3.63, 3.8) is 0 Å². The first-order valence-corrected chi connectivity index (χ1v) is 10.3. The lowest BCUT2D eigenvalue weighted by Crippen LogP contribution is -2.76. The number of rotatable bonds is 3. The van der Waals surface area contributed by atoms with Gasteiger partial charge in [0.15, 0.2) is 0 Å². The fraction of sp³-hybridized carbons (Fsp3) is 0.565. The number of carbonyl (C=O) groups is 2. The molecular weight excluding hydrogens is 404 g/mol. The van der Waals surface area contributed by atoms with Crippen molar-refractivity contribution in [3.05, 3.63) is 34.9 Å². The van der Waals surface area contributed by atoms with Crippen LogP contribution in [0.1, 0.15) is 49.5 Å². The summed E-state index contributed by atoms with van der Waals surface area (Å²) in [5.74, 6) is -2.35. The number of carbonyl (C=O) groups excluding carboxylic acids is 2. The van der Waals surface area contributed by atoms with Gasteiger partial charge in [-0.25, -0.2) is 4.79 Å². The van der Waals surface area contributed by atoms with E-state index in [-0.39, 0.29) is 35.3 Å². The van der Waals surface area contributed by atoms with Gasteiger partial charge in [-0.05, 0) is 42.9 Å². The molecule has 0 aromatic heterocycles. The summed E-state index contributed by atoms with van der Waals surface area (Å²) in [5, 5.41) is 53.6. The van der Waals surface area contributed by atoms with Gasteiger partial charge < -0.3 is 30.3 Å². The topological polar surface area (TPSA) is 145 Å². The summed E-state index contributed by atoms with van der Waals surface area (Å²) in [7, 11) is 0. The molecule has 6 atom stereocenters. The van der Waals surface area contributed by atoms with Crippen LogP contribution in [0, 0.1) is 23.7 Å². The smallest absolute Gasteiger partial charge is 0.342 e. The number of hydrogen-bond donors (Lipinski definition) is 5. The summed E-state index contributed by atoms with van der Waals surface area (Å²) in [5.41, 5.74) is -5.08. The molecule has 2 saturated carbocycles. The fourth-order valence-electron chi connectivity index (χ4n) is 6.35. The number of hydrogen-bond acceptors (Lipinski definition) is 8. The van der Waals surface area contributed by atoms with Crippen molar-refractivity contribution in [2.75, 3.05) is 0 Å². The Hall–Kier alpha value is -2.42. The molecule has 0 bridgehead atoms. The highest BCUT2D eigenvalue weighted by molar-refractivity contribution is 5.94. The van der Waals surface area contributed by atoms with Crippen LogP contribution in [0.3, 0.4) is 0 Å². The van der Waals surface area contributed by atoms with Gasteiger partial charge in [-0.1, -0.05) is 20.8 Å². The van der Waals surface area contributed by atoms with E-state index in [1.807, 2.05) is 13.8 Å². The van der Waals surface area contributed by atoms with E-state index in [9.17, 15) is 35.1 Å². The van der Waals surface area contributed by atoms with Gasteiger partial charge in [0.1, 0.15) is 35.1 Å². The molecular formula is C23H28O8. The molecule has 168 valence electrons. The van der Waals surface area contributed by atoms with Crippen LogP contribution in [0.15, 0.2) is 23.8 Å². The second-order valence-corrected chi connectivity index (χ2v) is 10.2. The van der Waals surface area contributed by atoms with Crippen LogP contribution < -0.4 is 0 Å². The maximum absolute atomic E-state index is 12.8. The Balaban J connectivity index is 1.72. The number of phenolic OH excluding ortho intramolecular Hbond substituents is 2. The molecule has 3 aliphatic carbocycles. The van der Waals surface area contributed by atoms with Crippen LogP contribution in [-0.4, -0.2) is 61.2 Å². The Labute approximate surface area is 179 Å². The molecule has 2 fully saturated rings. The second-order valence-electron chi connectivity index (χ2n) is 10.2. The van der Waals surface area contributed by atoms with Crippen molar-refractivity contribution in [1.82, 2.24) is 0 Å². The van der Waals surface area contributed by atoms with Crippen LogP contribution in [0.5, 0.6) is 11.5 Å². The molecule has 8 nitrogen and oxygen atoms in total. The molecule has 31 heavy (non-hydrogen) atoms. The first-order valence-electron chi connectivity index (χ1n) is 10.3. The lowest BCUT2D eigenvalue weighted by atomic mass is 9.43. The number of benzene rings is 1. The monoisotopic (exact) mass is 432 g/mol. The normalized spacial score (nSPS) is 40.2. The van der Waals surface area contributed by atoms with E-state index in [2.05, 4.69) is 0 Å². The van der Waals surface area contributed by atoms with Crippen molar-refractivity contribution in [3.8, 4) is 11.5 Å². The highest BCUT2D eigenvalue weighted by Gasteiger charge is 2.77. The largest absolute Gasteiger partial charge is 0.508 e. The molecule has 0 spiro atoms. The Morgan fingerprint density at radius 1 is 1.19 bits per heavy atom. The van der Waals surface area contributed by atoms with Gasteiger partial charge in [0.2, 0.25) is 0 Å². The molecule has 0 aliphatic heterocycles. The molecule has 3 aliphatic rings. The lowest BCUT2D eigenvalue weighted by molar-refractivity contribution is -0.272. The number of aldehydes is 1. The van der Waals surface area contributed by atoms with E-state index in [1.165, 1.54) is 19.1 Å². The summed E-state index contributed by atoms with van der Waals surface area (Å²) < 4.78 is 5.52. The van der Waals surface area contributed by atoms with Gasteiger partial charge in [-0.15, -0.1) is 0 Å². The first kappa shape index (κ1) is 21.8. The third kappa shape index (κ3) is 2.65. The predicted octanol–water partition coefficient (Wildman–Crippen LogP) is 1.35. The predicted molar refractivity (Wildman–Crippen MR) is 108 cm³/mol. The summed E-state index contributed by atoms with van der Waals surface area (Å²) in [6.45, 7) is 6.83. The summed E-state index contributed by atoms with van der Waals surface area (Å²) in [6.07, 6.45) is 0.0207. The zero-order valence-electron chi connectivity index (χ0n) is 17.9. The number of aryl methyl sites for hydroxylation is 1. The van der Waals surface area contributed by atoms with Crippen LogP contribution in [0.4, 0.5) is 0 Å². The van der Waals surface area contributed by atoms with E-state index >= 15 is 0 Å². The van der Waals surface area contributed by atoms with Crippen molar-refractivity contribution < 1.29 is 39.9 Å². The second kappa shape index (κ2) is 6.31. The highest BCUT2D eigenvalue weighted by Crippen LogP contribution is 2.69. The minimum absolute atomic E-state index is 0.0886. The molecule has 0 unspecified atom stereocenters. The Morgan fingerprint density at radius 3 is 2.42 bits per heavy atom. The first-order chi connectivity index (χ1) is 14.2. The number of esters is 1. The molecule has 1 aromatic carbocycles. The van der Waals surface area contributed by atoms with Gasteiger partial charge in [0.25, 0.3) is 0 Å². The SMILES string of the molecule is Cc1cc(O)cc(O)c1C(=O)O[C@@H]1C[C@]2(C)[C@H]3[C@@H](O)C(C)(C)C[C@]3(O)C=C(C=O)[C@]12O. The van der Waals surface area contributed by atoms with Crippen molar-refractivity contribution in [1.29, 1.82) is 0 Å². The van der Waals surface area contributed by atoms with Crippen molar-refractivity contribution in [2.45, 2.75) is 63.9 Å². The number of aliphatic hydroxyl groups is 3. The maximum Gasteiger partial charge on any atom is 0.342 e. The summed E-state index contributed by atoms with van der Waals surface area (Å²) >= 11 is 0. The highest BCUT2D eigenvalue weighted by atomic mass is 16.6. The molecule has 8 heteroatoms. The van der Waals surface area contributed by atoms with Crippen molar-refractivity contribution >= 4 is 12.3 Å². The zero-order valence-corrected chi connectivity index (χ0v) is 17.9. The van der Waals surface area contributed by atoms with Crippen LogP contribution in [0.25, 0.3) is 0 Å². The maximum atomic E-state index is 12.8. The number of ether oxygens (including phenoxy) is 1. The van der Waals surface area contributed by atoms with Crippen LogP contribution >= 0.6 is 0 Å². The quantitative estimate of drug-likeness (QED) is 0.356. The van der Waals surface area contributed by atoms with Gasteiger partial charge in [-0.3, -0.25) is 4.79 Å². The molecule has 0 radical (unpaired) electrons. The molecule has 0 heterocycles. The van der Waals surface area contributed by atoms with E-state index in [0.29, 0.717) is 6.29 Å². The number of fused-ring (bicyclic) bond motifs is 3. The zero-order chi connectivity index (χ0) is 23.1. The number of aromatic hydroxyl groups is 2.